The highest BCUT2D eigenvalue weighted by atomic mass is 16.7. The average Bonchev–Trinajstić information content (AvgIpc) is 2.82. The van der Waals surface area contributed by atoms with Gasteiger partial charge in [-0.1, -0.05) is 0 Å². The van der Waals surface area contributed by atoms with Crippen LogP contribution >= 0.6 is 0 Å². The largest absolute Gasteiger partial charge is 0.387 e. The van der Waals surface area contributed by atoms with E-state index in [2.05, 4.69) is 0 Å². The highest BCUT2D eigenvalue weighted by Gasteiger charge is 2.46. The number of ether oxygens (including phenoxy) is 4. The second-order valence-corrected chi connectivity index (χ2v) is 4.86. The van der Waals surface area contributed by atoms with Crippen molar-refractivity contribution in [2.45, 2.75) is 49.2 Å². The molecule has 0 unspecified atom stereocenters. The summed E-state index contributed by atoms with van der Waals surface area (Å²) in [5, 5.41) is 47.5. The van der Waals surface area contributed by atoms with Crippen molar-refractivity contribution in [2.75, 3.05) is 20.3 Å². The molecule has 2 aliphatic heterocycles. The summed E-state index contributed by atoms with van der Waals surface area (Å²) < 4.78 is 20.2. The first-order valence-corrected chi connectivity index (χ1v) is 6.27. The Morgan fingerprint density at radius 2 is 1.40 bits per heavy atom. The van der Waals surface area contributed by atoms with Gasteiger partial charge in [0.25, 0.3) is 0 Å². The third-order valence-electron chi connectivity index (χ3n) is 3.41. The second kappa shape index (κ2) is 6.60. The third-order valence-corrected chi connectivity index (χ3v) is 3.41. The summed E-state index contributed by atoms with van der Waals surface area (Å²) in [4.78, 5) is 0. The van der Waals surface area contributed by atoms with E-state index in [9.17, 15) is 25.5 Å². The molecule has 0 bridgehead atoms. The summed E-state index contributed by atoms with van der Waals surface area (Å²) in [5.74, 6) is 0. The molecule has 0 amide bonds. The molecule has 0 spiro atoms. The maximum Gasteiger partial charge on any atom is 0.186 e. The number of hydrogen-bond donors (Lipinski definition) is 5. The molecular formula is C11H20O9. The second-order valence-electron chi connectivity index (χ2n) is 4.86. The van der Waals surface area contributed by atoms with Crippen molar-refractivity contribution in [2.24, 2.45) is 0 Å². The normalized spacial score (nSPS) is 48.9. The average molecular weight is 296 g/mol. The fourth-order valence-corrected chi connectivity index (χ4v) is 2.21. The van der Waals surface area contributed by atoms with E-state index < -0.39 is 49.2 Å². The maximum atomic E-state index is 9.74. The van der Waals surface area contributed by atoms with E-state index in [0.717, 1.165) is 0 Å². The van der Waals surface area contributed by atoms with E-state index in [4.69, 9.17) is 18.9 Å². The van der Waals surface area contributed by atoms with Crippen LogP contribution in [0.15, 0.2) is 0 Å². The van der Waals surface area contributed by atoms with Gasteiger partial charge in [0.1, 0.15) is 36.6 Å². The van der Waals surface area contributed by atoms with Gasteiger partial charge in [0.2, 0.25) is 0 Å². The molecule has 20 heavy (non-hydrogen) atoms. The number of aliphatic hydroxyl groups is 5. The molecule has 2 fully saturated rings. The molecule has 9 heteroatoms. The first kappa shape index (κ1) is 16.0. The lowest BCUT2D eigenvalue weighted by Crippen LogP contribution is -2.38. The van der Waals surface area contributed by atoms with E-state index in [1.165, 1.54) is 7.11 Å². The zero-order valence-corrected chi connectivity index (χ0v) is 10.9. The van der Waals surface area contributed by atoms with Gasteiger partial charge in [0, 0.05) is 7.11 Å². The molecule has 2 rings (SSSR count). The van der Waals surface area contributed by atoms with Crippen LogP contribution in [-0.2, 0) is 18.9 Å². The summed E-state index contributed by atoms with van der Waals surface area (Å²) in [6.07, 6.45) is -9.38. The number of rotatable bonds is 5. The molecule has 0 aliphatic carbocycles. The van der Waals surface area contributed by atoms with Crippen LogP contribution in [-0.4, -0.2) is 95.1 Å². The standard InChI is InChI=1S/C11H20O9/c1-17-2-4-7(13)9(15)11(20-4)18-3-5-6(12)8(14)10(16)19-5/h4-16H,2-3H2,1H3/t4-,5-,6-,7-,8+,9+,10+,11+/m1/s1. The Balaban J connectivity index is 1.83. The van der Waals surface area contributed by atoms with Crippen molar-refractivity contribution in [3.8, 4) is 0 Å². The first-order valence-electron chi connectivity index (χ1n) is 6.27. The third kappa shape index (κ3) is 3.11. The minimum Gasteiger partial charge on any atom is -0.387 e. The zero-order valence-electron chi connectivity index (χ0n) is 10.9. The highest BCUT2D eigenvalue weighted by molar-refractivity contribution is 4.89. The molecule has 9 nitrogen and oxygen atoms in total. The molecule has 2 heterocycles. The van der Waals surface area contributed by atoms with Crippen LogP contribution in [0.2, 0.25) is 0 Å². The minimum absolute atomic E-state index is 0.0953. The van der Waals surface area contributed by atoms with Crippen LogP contribution in [0.4, 0.5) is 0 Å². The smallest absolute Gasteiger partial charge is 0.186 e. The number of hydrogen-bond acceptors (Lipinski definition) is 9. The predicted molar refractivity (Wildman–Crippen MR) is 61.4 cm³/mol. The Labute approximate surface area is 115 Å². The van der Waals surface area contributed by atoms with E-state index in [1.807, 2.05) is 0 Å². The molecule has 0 aromatic rings. The molecular weight excluding hydrogens is 276 g/mol. The van der Waals surface area contributed by atoms with Crippen molar-refractivity contribution in [1.29, 1.82) is 0 Å². The highest BCUT2D eigenvalue weighted by Crippen LogP contribution is 2.25. The van der Waals surface area contributed by atoms with E-state index in [1.54, 1.807) is 0 Å². The SMILES string of the molecule is COC[C@H]1O[C@H](OC[C@H]2O[C@H](O)[C@@H](O)[C@@H]2O)[C@@H](O)[C@@H]1O. The van der Waals surface area contributed by atoms with Gasteiger partial charge < -0.3 is 44.5 Å². The van der Waals surface area contributed by atoms with Gasteiger partial charge >= 0.3 is 0 Å². The molecule has 5 N–H and O–H groups in total. The van der Waals surface area contributed by atoms with E-state index >= 15 is 0 Å². The van der Waals surface area contributed by atoms with Crippen LogP contribution in [0.5, 0.6) is 0 Å². The van der Waals surface area contributed by atoms with Gasteiger partial charge in [0.05, 0.1) is 13.2 Å². The van der Waals surface area contributed by atoms with Crippen molar-refractivity contribution in [3.63, 3.8) is 0 Å². The molecule has 0 aromatic carbocycles. The van der Waals surface area contributed by atoms with Crippen molar-refractivity contribution in [3.05, 3.63) is 0 Å². The topological polar surface area (TPSA) is 138 Å². The first-order chi connectivity index (χ1) is 9.45. The summed E-state index contributed by atoms with van der Waals surface area (Å²) >= 11 is 0. The minimum atomic E-state index is -1.49. The predicted octanol–water partition coefficient (Wildman–Crippen LogP) is -3.46. The Morgan fingerprint density at radius 3 is 1.95 bits per heavy atom. The molecule has 0 saturated carbocycles. The van der Waals surface area contributed by atoms with Crippen molar-refractivity contribution >= 4 is 0 Å². The quantitative estimate of drug-likeness (QED) is 0.350. The lowest BCUT2D eigenvalue weighted by molar-refractivity contribution is -0.198. The van der Waals surface area contributed by atoms with Crippen LogP contribution in [0.25, 0.3) is 0 Å². The summed E-state index contributed by atoms with van der Waals surface area (Å²) in [6.45, 7) is -0.124. The molecule has 118 valence electrons. The monoisotopic (exact) mass is 296 g/mol. The number of methoxy groups -OCH3 is 1. The maximum absolute atomic E-state index is 9.74. The fourth-order valence-electron chi connectivity index (χ4n) is 2.21. The van der Waals surface area contributed by atoms with Gasteiger partial charge in [-0.3, -0.25) is 0 Å². The summed E-state index contributed by atoms with van der Waals surface area (Å²) in [6, 6.07) is 0. The van der Waals surface area contributed by atoms with Crippen LogP contribution < -0.4 is 0 Å². The van der Waals surface area contributed by atoms with Gasteiger partial charge in [-0.2, -0.15) is 0 Å². The van der Waals surface area contributed by atoms with Crippen molar-refractivity contribution < 1.29 is 44.5 Å². The van der Waals surface area contributed by atoms with Gasteiger partial charge in [-0.25, -0.2) is 0 Å². The van der Waals surface area contributed by atoms with Gasteiger partial charge in [0.15, 0.2) is 12.6 Å². The Kier molecular flexibility index (Phi) is 5.29. The lowest BCUT2D eigenvalue weighted by atomic mass is 10.1. The Bertz CT molecular complexity index is 314. The lowest BCUT2D eigenvalue weighted by Gasteiger charge is -2.19. The zero-order chi connectivity index (χ0) is 14.9. The van der Waals surface area contributed by atoms with Crippen LogP contribution in [0.1, 0.15) is 0 Å². The Morgan fingerprint density at radius 1 is 0.800 bits per heavy atom. The molecule has 8 atom stereocenters. The van der Waals surface area contributed by atoms with E-state index in [0.29, 0.717) is 0 Å². The van der Waals surface area contributed by atoms with Gasteiger partial charge in [-0.05, 0) is 0 Å². The molecule has 2 saturated heterocycles. The fraction of sp³-hybridized carbons (Fsp3) is 1.00. The van der Waals surface area contributed by atoms with Crippen LogP contribution in [0, 0.1) is 0 Å². The van der Waals surface area contributed by atoms with Crippen LogP contribution in [0.3, 0.4) is 0 Å². The molecule has 0 aromatic heterocycles. The number of aliphatic hydroxyl groups excluding tert-OH is 5. The molecule has 2 aliphatic rings. The Hall–Kier alpha value is -0.360. The summed E-state index contributed by atoms with van der Waals surface area (Å²) in [5.41, 5.74) is 0. The summed E-state index contributed by atoms with van der Waals surface area (Å²) in [7, 11) is 1.43. The molecule has 0 radical (unpaired) electrons. The van der Waals surface area contributed by atoms with E-state index in [-0.39, 0.29) is 13.2 Å². The van der Waals surface area contributed by atoms with Gasteiger partial charge in [-0.15, -0.1) is 0 Å². The van der Waals surface area contributed by atoms with Crippen molar-refractivity contribution in [1.82, 2.24) is 0 Å².